The van der Waals surface area contributed by atoms with Crippen molar-refractivity contribution in [1.82, 2.24) is 0 Å². The monoisotopic (exact) mass is 274 g/mol. The number of para-hydroxylation sites is 1. The van der Waals surface area contributed by atoms with E-state index in [2.05, 4.69) is 0 Å². The molecule has 0 saturated carbocycles. The van der Waals surface area contributed by atoms with E-state index in [1.165, 1.54) is 0 Å². The maximum Gasteiger partial charge on any atom is 0.150 e. The quantitative estimate of drug-likeness (QED) is 0.775. The lowest BCUT2D eigenvalue weighted by atomic mass is 10.0. The molecule has 2 nitrogen and oxygen atoms in total. The van der Waals surface area contributed by atoms with Crippen molar-refractivity contribution in [1.29, 1.82) is 0 Å². The summed E-state index contributed by atoms with van der Waals surface area (Å²) >= 11 is 6.03. The van der Waals surface area contributed by atoms with Gasteiger partial charge in [-0.1, -0.05) is 29.8 Å². The zero-order valence-electron chi connectivity index (χ0n) is 10.9. The van der Waals surface area contributed by atoms with Crippen LogP contribution in [-0.2, 0) is 6.61 Å². The summed E-state index contributed by atoms with van der Waals surface area (Å²) in [4.78, 5) is 11.0. The number of benzene rings is 2. The van der Waals surface area contributed by atoms with Crippen molar-refractivity contribution in [2.75, 3.05) is 0 Å². The van der Waals surface area contributed by atoms with Gasteiger partial charge < -0.3 is 4.74 Å². The summed E-state index contributed by atoms with van der Waals surface area (Å²) in [7, 11) is 0. The fraction of sp³-hybridized carbons (Fsp3) is 0.188. The fourth-order valence-corrected chi connectivity index (χ4v) is 2.11. The molecule has 0 spiro atoms. The van der Waals surface area contributed by atoms with E-state index >= 15 is 0 Å². The molecule has 0 N–H and O–H groups in total. The van der Waals surface area contributed by atoms with Gasteiger partial charge in [0.1, 0.15) is 18.6 Å². The van der Waals surface area contributed by atoms with Gasteiger partial charge in [0, 0.05) is 5.56 Å². The summed E-state index contributed by atoms with van der Waals surface area (Å²) in [6.45, 7) is 4.33. The van der Waals surface area contributed by atoms with E-state index in [0.717, 1.165) is 23.0 Å². The van der Waals surface area contributed by atoms with Crippen LogP contribution in [0.3, 0.4) is 0 Å². The highest BCUT2D eigenvalue weighted by Gasteiger charge is 2.06. The highest BCUT2D eigenvalue weighted by atomic mass is 35.5. The van der Waals surface area contributed by atoms with E-state index in [1.807, 2.05) is 44.2 Å². The van der Waals surface area contributed by atoms with Crippen molar-refractivity contribution >= 4 is 17.9 Å². The number of aryl methyl sites for hydroxylation is 2. The number of carbonyl (C=O) groups excluding carboxylic acids is 1. The Balaban J connectivity index is 2.20. The Morgan fingerprint density at radius 3 is 2.58 bits per heavy atom. The number of halogens is 1. The lowest BCUT2D eigenvalue weighted by molar-refractivity contribution is 0.112. The first-order chi connectivity index (χ1) is 9.11. The van der Waals surface area contributed by atoms with Gasteiger partial charge in [0.15, 0.2) is 0 Å². The molecule has 3 heteroatoms. The Hall–Kier alpha value is -1.80. The summed E-state index contributed by atoms with van der Waals surface area (Å²) in [5.74, 6) is 0.650. The largest absolute Gasteiger partial charge is 0.487 e. The predicted octanol–water partition coefficient (Wildman–Crippen LogP) is 4.35. The molecule has 0 aliphatic heterocycles. The number of hydrogen-bond acceptors (Lipinski definition) is 2. The van der Waals surface area contributed by atoms with Crippen molar-refractivity contribution in [2.45, 2.75) is 20.5 Å². The minimum atomic E-state index is 0.399. The molecule has 98 valence electrons. The SMILES string of the molecule is Cc1cc(C)c(COc2ccccc2Cl)cc1C=O. The van der Waals surface area contributed by atoms with Crippen LogP contribution in [-0.4, -0.2) is 6.29 Å². The Morgan fingerprint density at radius 1 is 1.16 bits per heavy atom. The molecule has 2 aromatic carbocycles. The fourth-order valence-electron chi connectivity index (χ4n) is 1.92. The van der Waals surface area contributed by atoms with E-state index in [9.17, 15) is 4.79 Å². The highest BCUT2D eigenvalue weighted by Crippen LogP contribution is 2.25. The van der Waals surface area contributed by atoms with Crippen LogP contribution in [0.5, 0.6) is 5.75 Å². The predicted molar refractivity (Wildman–Crippen MR) is 77.1 cm³/mol. The summed E-state index contributed by atoms with van der Waals surface area (Å²) in [5, 5.41) is 0.586. The Morgan fingerprint density at radius 2 is 1.89 bits per heavy atom. The van der Waals surface area contributed by atoms with Crippen molar-refractivity contribution in [2.24, 2.45) is 0 Å². The van der Waals surface area contributed by atoms with Gasteiger partial charge >= 0.3 is 0 Å². The van der Waals surface area contributed by atoms with Crippen LogP contribution in [0.4, 0.5) is 0 Å². The molecular formula is C16H15ClO2. The minimum Gasteiger partial charge on any atom is -0.487 e. The summed E-state index contributed by atoms with van der Waals surface area (Å²) < 4.78 is 5.70. The highest BCUT2D eigenvalue weighted by molar-refractivity contribution is 6.32. The topological polar surface area (TPSA) is 26.3 Å². The van der Waals surface area contributed by atoms with Gasteiger partial charge in [0.2, 0.25) is 0 Å². The maximum atomic E-state index is 11.0. The van der Waals surface area contributed by atoms with Crippen LogP contribution >= 0.6 is 11.6 Å². The number of rotatable bonds is 4. The van der Waals surface area contributed by atoms with Crippen LogP contribution in [0.1, 0.15) is 27.0 Å². The molecule has 0 aliphatic rings. The number of aldehydes is 1. The summed E-state index contributed by atoms with van der Waals surface area (Å²) in [6.07, 6.45) is 0.869. The van der Waals surface area contributed by atoms with E-state index in [-0.39, 0.29) is 0 Å². The first kappa shape index (κ1) is 13.6. The second-order valence-electron chi connectivity index (χ2n) is 4.47. The second-order valence-corrected chi connectivity index (χ2v) is 4.88. The molecule has 0 fully saturated rings. The van der Waals surface area contributed by atoms with E-state index in [4.69, 9.17) is 16.3 Å². The molecule has 0 bridgehead atoms. The summed E-state index contributed by atoms with van der Waals surface area (Å²) in [6, 6.07) is 11.2. The molecule has 0 aliphatic carbocycles. The van der Waals surface area contributed by atoms with E-state index < -0.39 is 0 Å². The van der Waals surface area contributed by atoms with Gasteiger partial charge in [-0.2, -0.15) is 0 Å². The smallest absolute Gasteiger partial charge is 0.150 e. The molecule has 0 aromatic heterocycles. The zero-order valence-corrected chi connectivity index (χ0v) is 11.7. The number of ether oxygens (including phenoxy) is 1. The zero-order chi connectivity index (χ0) is 13.8. The van der Waals surface area contributed by atoms with Crippen molar-refractivity contribution in [3.63, 3.8) is 0 Å². The van der Waals surface area contributed by atoms with Crippen LogP contribution in [0.2, 0.25) is 5.02 Å². The standard InChI is InChI=1S/C16H15ClO2/c1-11-7-12(2)14(8-13(11)9-18)10-19-16-6-4-3-5-15(16)17/h3-9H,10H2,1-2H3. The van der Waals surface area contributed by atoms with Gasteiger partial charge in [0.05, 0.1) is 5.02 Å². The molecule has 2 rings (SSSR count). The van der Waals surface area contributed by atoms with Crippen molar-refractivity contribution in [3.05, 3.63) is 63.7 Å². The lowest BCUT2D eigenvalue weighted by Crippen LogP contribution is -2.01. The third kappa shape index (κ3) is 3.15. The van der Waals surface area contributed by atoms with Crippen LogP contribution in [0.25, 0.3) is 0 Å². The lowest BCUT2D eigenvalue weighted by Gasteiger charge is -2.11. The molecule has 2 aromatic rings. The van der Waals surface area contributed by atoms with Crippen molar-refractivity contribution < 1.29 is 9.53 Å². The molecule has 0 atom stereocenters. The first-order valence-electron chi connectivity index (χ1n) is 6.04. The Kier molecular flexibility index (Phi) is 4.23. The van der Waals surface area contributed by atoms with Gasteiger partial charge in [-0.25, -0.2) is 0 Å². The summed E-state index contributed by atoms with van der Waals surface area (Å²) in [5.41, 5.74) is 3.78. The van der Waals surface area contributed by atoms with Gasteiger partial charge in [-0.15, -0.1) is 0 Å². The molecule has 0 amide bonds. The minimum absolute atomic E-state index is 0.399. The first-order valence-corrected chi connectivity index (χ1v) is 6.42. The number of hydrogen-bond donors (Lipinski definition) is 0. The Labute approximate surface area is 118 Å². The van der Waals surface area contributed by atoms with Crippen molar-refractivity contribution in [3.8, 4) is 5.75 Å². The Bertz CT molecular complexity index is 606. The molecule has 19 heavy (non-hydrogen) atoms. The maximum absolute atomic E-state index is 11.0. The van der Waals surface area contributed by atoms with Gasteiger partial charge in [-0.05, 0) is 48.7 Å². The van der Waals surface area contributed by atoms with E-state index in [0.29, 0.717) is 22.9 Å². The molecular weight excluding hydrogens is 260 g/mol. The molecule has 0 saturated heterocycles. The van der Waals surface area contributed by atoms with Crippen LogP contribution in [0, 0.1) is 13.8 Å². The molecule has 0 unspecified atom stereocenters. The third-order valence-electron chi connectivity index (χ3n) is 3.07. The van der Waals surface area contributed by atoms with Gasteiger partial charge in [0.25, 0.3) is 0 Å². The third-order valence-corrected chi connectivity index (χ3v) is 3.38. The normalized spacial score (nSPS) is 10.3. The van der Waals surface area contributed by atoms with Crippen LogP contribution < -0.4 is 4.74 Å². The number of carbonyl (C=O) groups is 1. The molecule has 0 heterocycles. The second kappa shape index (κ2) is 5.89. The average molecular weight is 275 g/mol. The van der Waals surface area contributed by atoms with Crippen LogP contribution in [0.15, 0.2) is 36.4 Å². The van der Waals surface area contributed by atoms with E-state index in [1.54, 1.807) is 6.07 Å². The van der Waals surface area contributed by atoms with Gasteiger partial charge in [-0.3, -0.25) is 4.79 Å². The molecule has 0 radical (unpaired) electrons. The average Bonchev–Trinajstić information content (AvgIpc) is 2.39.